The van der Waals surface area contributed by atoms with Gasteiger partial charge >= 0.3 is 0 Å². The average Bonchev–Trinajstić information content (AvgIpc) is 2.46. The van der Waals surface area contributed by atoms with Crippen LogP contribution in [0.15, 0.2) is 46.9 Å². The van der Waals surface area contributed by atoms with Crippen LogP contribution in [0.25, 0.3) is 0 Å². The van der Waals surface area contributed by atoms with E-state index in [-0.39, 0.29) is 10.8 Å². The summed E-state index contributed by atoms with van der Waals surface area (Å²) in [5, 5.41) is 3.38. The second-order valence-electron chi connectivity index (χ2n) is 5.17. The Morgan fingerprint density at radius 2 is 1.86 bits per heavy atom. The molecule has 1 nitrogen and oxygen atoms in total. The fraction of sp³-hybridized carbons (Fsp3) is 0.294. The first-order valence-electron chi connectivity index (χ1n) is 6.92. The van der Waals surface area contributed by atoms with Crippen LogP contribution in [0, 0.1) is 11.7 Å². The van der Waals surface area contributed by atoms with Crippen molar-refractivity contribution in [1.82, 2.24) is 5.32 Å². The molecule has 0 amide bonds. The van der Waals surface area contributed by atoms with Crippen molar-refractivity contribution in [3.8, 4) is 0 Å². The Labute approximate surface area is 138 Å². The summed E-state index contributed by atoms with van der Waals surface area (Å²) >= 11 is 9.29. The van der Waals surface area contributed by atoms with Gasteiger partial charge in [-0.15, -0.1) is 0 Å². The molecule has 0 saturated carbocycles. The Morgan fingerprint density at radius 1 is 1.14 bits per heavy atom. The molecule has 1 atom stereocenters. The van der Waals surface area contributed by atoms with Gasteiger partial charge in [0.05, 0.1) is 5.02 Å². The van der Waals surface area contributed by atoms with Gasteiger partial charge in [0.15, 0.2) is 0 Å². The van der Waals surface area contributed by atoms with Gasteiger partial charge in [0, 0.05) is 4.47 Å². The summed E-state index contributed by atoms with van der Waals surface area (Å²) in [4.78, 5) is 0. The largest absolute Gasteiger partial charge is 0.319 e. The maximum absolute atomic E-state index is 14.0. The van der Waals surface area contributed by atoms with E-state index < -0.39 is 0 Å². The highest BCUT2D eigenvalue weighted by atomic mass is 79.9. The van der Waals surface area contributed by atoms with Crippen molar-refractivity contribution in [2.45, 2.75) is 12.8 Å². The summed E-state index contributed by atoms with van der Waals surface area (Å²) in [7, 11) is 1.92. The molecule has 2 aromatic carbocycles. The third-order valence-electron chi connectivity index (χ3n) is 3.47. The van der Waals surface area contributed by atoms with Crippen molar-refractivity contribution in [3.63, 3.8) is 0 Å². The fourth-order valence-corrected chi connectivity index (χ4v) is 2.93. The summed E-state index contributed by atoms with van der Waals surface area (Å²) in [6.07, 6.45) is 1.57. The maximum Gasteiger partial charge on any atom is 0.144 e. The zero-order chi connectivity index (χ0) is 15.2. The minimum atomic E-state index is -0.295. The standard InChI is InChI=1S/C17H18BrClFN/c1-21-11-13(9-12-5-7-15(18)8-6-12)10-14-3-2-4-16(19)17(14)20/h2-8,13,21H,9-11H2,1H3. The summed E-state index contributed by atoms with van der Waals surface area (Å²) < 4.78 is 15.1. The van der Waals surface area contributed by atoms with Crippen molar-refractivity contribution in [1.29, 1.82) is 0 Å². The minimum absolute atomic E-state index is 0.194. The van der Waals surface area contributed by atoms with Crippen LogP contribution in [-0.4, -0.2) is 13.6 Å². The van der Waals surface area contributed by atoms with E-state index >= 15 is 0 Å². The van der Waals surface area contributed by atoms with E-state index in [9.17, 15) is 4.39 Å². The first kappa shape index (κ1) is 16.5. The Hall–Kier alpha value is -0.900. The van der Waals surface area contributed by atoms with Crippen molar-refractivity contribution in [3.05, 3.63) is 68.9 Å². The predicted molar refractivity (Wildman–Crippen MR) is 90.4 cm³/mol. The molecule has 0 heterocycles. The first-order chi connectivity index (χ1) is 10.1. The van der Waals surface area contributed by atoms with Crippen LogP contribution in [0.2, 0.25) is 5.02 Å². The van der Waals surface area contributed by atoms with E-state index in [2.05, 4.69) is 33.4 Å². The van der Waals surface area contributed by atoms with Crippen molar-refractivity contribution >= 4 is 27.5 Å². The van der Waals surface area contributed by atoms with Gasteiger partial charge in [-0.2, -0.15) is 0 Å². The lowest BCUT2D eigenvalue weighted by Crippen LogP contribution is -2.23. The van der Waals surface area contributed by atoms with Crippen molar-refractivity contribution in [2.24, 2.45) is 5.92 Å². The molecule has 21 heavy (non-hydrogen) atoms. The third kappa shape index (κ3) is 4.80. The molecular weight excluding hydrogens is 353 g/mol. The molecule has 0 radical (unpaired) electrons. The Bertz CT molecular complexity index is 586. The molecule has 1 N–H and O–H groups in total. The van der Waals surface area contributed by atoms with Gasteiger partial charge in [-0.3, -0.25) is 0 Å². The summed E-state index contributed by atoms with van der Waals surface area (Å²) in [5.41, 5.74) is 1.93. The normalized spacial score (nSPS) is 12.4. The zero-order valence-electron chi connectivity index (χ0n) is 11.9. The number of benzene rings is 2. The van der Waals surface area contributed by atoms with Gasteiger partial charge in [0.1, 0.15) is 5.82 Å². The number of nitrogens with one attached hydrogen (secondary N) is 1. The lowest BCUT2D eigenvalue weighted by Gasteiger charge is -2.17. The lowest BCUT2D eigenvalue weighted by atomic mass is 9.92. The van der Waals surface area contributed by atoms with Gasteiger partial charge in [-0.05, 0) is 61.7 Å². The number of hydrogen-bond acceptors (Lipinski definition) is 1. The highest BCUT2D eigenvalue weighted by molar-refractivity contribution is 9.10. The average molecular weight is 371 g/mol. The molecule has 0 fully saturated rings. The van der Waals surface area contributed by atoms with Crippen molar-refractivity contribution < 1.29 is 4.39 Å². The van der Waals surface area contributed by atoms with E-state index in [1.165, 1.54) is 5.56 Å². The van der Waals surface area contributed by atoms with Crippen LogP contribution in [0.5, 0.6) is 0 Å². The zero-order valence-corrected chi connectivity index (χ0v) is 14.2. The SMILES string of the molecule is CNCC(Cc1ccc(Br)cc1)Cc1cccc(Cl)c1F. The second-order valence-corrected chi connectivity index (χ2v) is 6.49. The number of hydrogen-bond donors (Lipinski definition) is 1. The highest BCUT2D eigenvalue weighted by Crippen LogP contribution is 2.22. The Kier molecular flexibility index (Phi) is 6.22. The number of rotatable bonds is 6. The highest BCUT2D eigenvalue weighted by Gasteiger charge is 2.14. The molecule has 0 aliphatic rings. The van der Waals surface area contributed by atoms with E-state index in [4.69, 9.17) is 11.6 Å². The fourth-order valence-electron chi connectivity index (χ4n) is 2.48. The smallest absolute Gasteiger partial charge is 0.144 e. The topological polar surface area (TPSA) is 12.0 Å². The van der Waals surface area contributed by atoms with E-state index in [1.807, 2.05) is 25.2 Å². The lowest BCUT2D eigenvalue weighted by molar-refractivity contribution is 0.480. The quantitative estimate of drug-likeness (QED) is 0.765. The van der Waals surface area contributed by atoms with Crippen molar-refractivity contribution in [2.75, 3.05) is 13.6 Å². The van der Waals surface area contributed by atoms with Crippen LogP contribution < -0.4 is 5.32 Å². The van der Waals surface area contributed by atoms with Crippen LogP contribution in [0.4, 0.5) is 4.39 Å². The van der Waals surface area contributed by atoms with Crippen LogP contribution >= 0.6 is 27.5 Å². The van der Waals surface area contributed by atoms with E-state index in [0.29, 0.717) is 17.9 Å². The molecule has 0 bridgehead atoms. The van der Waals surface area contributed by atoms with Crippen LogP contribution in [0.1, 0.15) is 11.1 Å². The van der Waals surface area contributed by atoms with Gasteiger partial charge in [0.2, 0.25) is 0 Å². The maximum atomic E-state index is 14.0. The molecule has 4 heteroatoms. The minimum Gasteiger partial charge on any atom is -0.319 e. The molecule has 2 rings (SSSR count). The summed E-state index contributed by atoms with van der Waals surface area (Å²) in [6, 6.07) is 13.5. The molecule has 0 aliphatic heterocycles. The monoisotopic (exact) mass is 369 g/mol. The first-order valence-corrected chi connectivity index (χ1v) is 8.09. The van der Waals surface area contributed by atoms with Gasteiger partial charge in [-0.25, -0.2) is 4.39 Å². The molecule has 0 aliphatic carbocycles. The summed E-state index contributed by atoms with van der Waals surface area (Å²) in [5.74, 6) is 0.0280. The molecule has 0 saturated heterocycles. The predicted octanol–water partition coefficient (Wildman–Crippen LogP) is 4.86. The number of halogens is 3. The van der Waals surface area contributed by atoms with Gasteiger partial charge in [0.25, 0.3) is 0 Å². The molecule has 1 unspecified atom stereocenters. The second kappa shape index (κ2) is 7.92. The molecule has 2 aromatic rings. The van der Waals surface area contributed by atoms with E-state index in [0.717, 1.165) is 17.4 Å². The summed E-state index contributed by atoms with van der Waals surface area (Å²) in [6.45, 7) is 0.835. The van der Waals surface area contributed by atoms with Crippen LogP contribution in [-0.2, 0) is 12.8 Å². The van der Waals surface area contributed by atoms with Crippen LogP contribution in [0.3, 0.4) is 0 Å². The van der Waals surface area contributed by atoms with Gasteiger partial charge in [-0.1, -0.05) is 51.8 Å². The molecule has 0 spiro atoms. The molecule has 112 valence electrons. The molecule has 0 aromatic heterocycles. The van der Waals surface area contributed by atoms with E-state index in [1.54, 1.807) is 12.1 Å². The molecular formula is C17H18BrClFN. The Balaban J connectivity index is 2.11. The van der Waals surface area contributed by atoms with Gasteiger partial charge < -0.3 is 5.32 Å². The third-order valence-corrected chi connectivity index (χ3v) is 4.29. The Morgan fingerprint density at radius 3 is 2.52 bits per heavy atom.